The third kappa shape index (κ3) is 3.07. The number of amides is 1. The van der Waals surface area contributed by atoms with Gasteiger partial charge in [-0.15, -0.1) is 0 Å². The summed E-state index contributed by atoms with van der Waals surface area (Å²) in [5.41, 5.74) is 6.70. The maximum absolute atomic E-state index is 11.8. The predicted molar refractivity (Wildman–Crippen MR) is 67.9 cm³/mol. The molecule has 1 aromatic rings. The molecule has 0 fully saturated rings. The summed E-state index contributed by atoms with van der Waals surface area (Å²) in [6.07, 6.45) is 1.34. The number of rotatable bonds is 5. The van der Waals surface area contributed by atoms with Crippen LogP contribution in [0.1, 0.15) is 29.3 Å². The van der Waals surface area contributed by atoms with Gasteiger partial charge in [-0.05, 0) is 24.6 Å². The lowest BCUT2D eigenvalue weighted by molar-refractivity contribution is -0.139. The molecule has 18 heavy (non-hydrogen) atoms. The Labute approximate surface area is 104 Å². The summed E-state index contributed by atoms with van der Waals surface area (Å²) < 4.78 is 0. The van der Waals surface area contributed by atoms with Gasteiger partial charge in [0.05, 0.1) is 0 Å². The van der Waals surface area contributed by atoms with Crippen LogP contribution in [0.15, 0.2) is 18.2 Å². The van der Waals surface area contributed by atoms with Gasteiger partial charge in [0.2, 0.25) is 0 Å². The summed E-state index contributed by atoms with van der Waals surface area (Å²) in [4.78, 5) is 22.6. The Bertz CT molecular complexity index is 485. The molecule has 0 spiro atoms. The molecule has 0 saturated heterocycles. The van der Waals surface area contributed by atoms with E-state index in [-0.39, 0.29) is 5.56 Å². The highest BCUT2D eigenvalue weighted by Gasteiger charge is 2.18. The van der Waals surface area contributed by atoms with Gasteiger partial charge in [-0.2, -0.15) is 0 Å². The molecule has 0 heterocycles. The van der Waals surface area contributed by atoms with Crippen molar-refractivity contribution in [1.29, 1.82) is 5.41 Å². The molecule has 1 aromatic carbocycles. The fourth-order valence-electron chi connectivity index (χ4n) is 1.42. The maximum Gasteiger partial charge on any atom is 0.326 e. The number of carboxylic acids is 1. The highest BCUT2D eigenvalue weighted by molar-refractivity contribution is 5.99. The molecule has 0 bridgehead atoms. The van der Waals surface area contributed by atoms with Crippen LogP contribution in [0.25, 0.3) is 0 Å². The summed E-state index contributed by atoms with van der Waals surface area (Å²) in [6, 6.07) is 3.54. The summed E-state index contributed by atoms with van der Waals surface area (Å²) in [6.45, 7) is 1.67. The number of carboxylic acid groups (broad SMARTS) is 1. The summed E-state index contributed by atoms with van der Waals surface area (Å²) in [5, 5.41) is 18.4. The smallest absolute Gasteiger partial charge is 0.326 e. The fourth-order valence-corrected chi connectivity index (χ4v) is 1.42. The van der Waals surface area contributed by atoms with Crippen LogP contribution >= 0.6 is 0 Å². The molecule has 0 aliphatic carbocycles. The largest absolute Gasteiger partial charge is 0.480 e. The van der Waals surface area contributed by atoms with Gasteiger partial charge in [0, 0.05) is 23.0 Å². The van der Waals surface area contributed by atoms with E-state index in [0.717, 1.165) is 6.21 Å². The third-order valence-corrected chi connectivity index (χ3v) is 2.52. The molecule has 0 aromatic heterocycles. The first-order valence-corrected chi connectivity index (χ1v) is 5.43. The molecule has 1 amide bonds. The van der Waals surface area contributed by atoms with Gasteiger partial charge in [-0.1, -0.05) is 6.92 Å². The number of benzene rings is 1. The molecule has 0 saturated carbocycles. The number of carbonyl (C=O) groups excluding carboxylic acids is 1. The molecule has 0 aliphatic heterocycles. The van der Waals surface area contributed by atoms with Crippen LogP contribution in [-0.2, 0) is 4.79 Å². The van der Waals surface area contributed by atoms with Gasteiger partial charge >= 0.3 is 5.97 Å². The van der Waals surface area contributed by atoms with Gasteiger partial charge in [0.15, 0.2) is 0 Å². The van der Waals surface area contributed by atoms with E-state index in [2.05, 4.69) is 5.32 Å². The first-order valence-electron chi connectivity index (χ1n) is 5.43. The molecule has 6 nitrogen and oxygen atoms in total. The van der Waals surface area contributed by atoms with E-state index in [1.165, 1.54) is 18.2 Å². The second-order valence-electron chi connectivity index (χ2n) is 3.76. The molecular weight excluding hydrogens is 234 g/mol. The van der Waals surface area contributed by atoms with Gasteiger partial charge in [-0.3, -0.25) is 4.79 Å². The quantitative estimate of drug-likeness (QED) is 0.457. The summed E-state index contributed by atoms with van der Waals surface area (Å²) in [7, 11) is 0. The lowest BCUT2D eigenvalue weighted by Gasteiger charge is -2.12. The minimum Gasteiger partial charge on any atom is -0.480 e. The summed E-state index contributed by atoms with van der Waals surface area (Å²) >= 11 is 0. The monoisotopic (exact) mass is 249 g/mol. The number of nitrogen functional groups attached to an aromatic ring is 1. The molecule has 0 aliphatic rings. The van der Waals surface area contributed by atoms with Crippen LogP contribution in [0.3, 0.4) is 0 Å². The Kier molecular flexibility index (Phi) is 4.42. The van der Waals surface area contributed by atoms with Crippen molar-refractivity contribution < 1.29 is 14.7 Å². The first kappa shape index (κ1) is 13.7. The minimum atomic E-state index is -1.08. The summed E-state index contributed by atoms with van der Waals surface area (Å²) in [5.74, 6) is -1.57. The number of carbonyl (C=O) groups is 2. The minimum absolute atomic E-state index is 0.280. The highest BCUT2D eigenvalue weighted by Crippen LogP contribution is 2.12. The van der Waals surface area contributed by atoms with E-state index in [4.69, 9.17) is 16.2 Å². The van der Waals surface area contributed by atoms with Crippen LogP contribution in [0.2, 0.25) is 0 Å². The van der Waals surface area contributed by atoms with E-state index >= 15 is 0 Å². The Hall–Kier alpha value is -2.37. The van der Waals surface area contributed by atoms with Crippen LogP contribution in [-0.4, -0.2) is 29.2 Å². The molecular formula is C12H15N3O3. The Balaban J connectivity index is 2.90. The molecule has 1 atom stereocenters. The Morgan fingerprint density at radius 1 is 1.56 bits per heavy atom. The van der Waals surface area contributed by atoms with Crippen LogP contribution in [0, 0.1) is 5.41 Å². The predicted octanol–water partition coefficient (Wildman–Crippen LogP) is 0.859. The molecule has 5 N–H and O–H groups in total. The number of hydrogen-bond acceptors (Lipinski definition) is 4. The zero-order valence-electron chi connectivity index (χ0n) is 9.93. The van der Waals surface area contributed by atoms with Crippen molar-refractivity contribution in [2.45, 2.75) is 19.4 Å². The van der Waals surface area contributed by atoms with E-state index in [1.54, 1.807) is 6.92 Å². The molecule has 0 radical (unpaired) electrons. The van der Waals surface area contributed by atoms with Crippen molar-refractivity contribution in [3.05, 3.63) is 29.3 Å². The zero-order chi connectivity index (χ0) is 13.7. The average Bonchev–Trinajstić information content (AvgIpc) is 2.35. The molecule has 96 valence electrons. The van der Waals surface area contributed by atoms with Crippen LogP contribution in [0.5, 0.6) is 0 Å². The van der Waals surface area contributed by atoms with Gasteiger partial charge in [0.25, 0.3) is 5.91 Å². The van der Waals surface area contributed by atoms with Gasteiger partial charge in [-0.25, -0.2) is 4.79 Å². The zero-order valence-corrected chi connectivity index (χ0v) is 9.93. The highest BCUT2D eigenvalue weighted by atomic mass is 16.4. The number of aliphatic carboxylic acids is 1. The van der Waals surface area contributed by atoms with Crippen molar-refractivity contribution in [2.75, 3.05) is 5.73 Å². The first-order chi connectivity index (χ1) is 8.49. The van der Waals surface area contributed by atoms with Crippen molar-refractivity contribution >= 4 is 23.8 Å². The van der Waals surface area contributed by atoms with E-state index < -0.39 is 17.9 Å². The van der Waals surface area contributed by atoms with Gasteiger partial charge < -0.3 is 21.6 Å². The van der Waals surface area contributed by atoms with E-state index in [9.17, 15) is 9.59 Å². The van der Waals surface area contributed by atoms with Crippen molar-refractivity contribution in [3.63, 3.8) is 0 Å². The Morgan fingerprint density at radius 3 is 2.72 bits per heavy atom. The molecule has 0 unspecified atom stereocenters. The number of nitrogens with two attached hydrogens (primary N) is 1. The topological polar surface area (TPSA) is 116 Å². The second-order valence-corrected chi connectivity index (χ2v) is 3.76. The van der Waals surface area contributed by atoms with E-state index in [1.807, 2.05) is 0 Å². The van der Waals surface area contributed by atoms with Gasteiger partial charge in [0.1, 0.15) is 6.04 Å². The van der Waals surface area contributed by atoms with E-state index in [0.29, 0.717) is 17.7 Å². The maximum atomic E-state index is 11.8. The number of hydrogen-bond donors (Lipinski definition) is 4. The lowest BCUT2D eigenvalue weighted by Crippen LogP contribution is -2.40. The SMILES string of the molecule is CC[C@@H](NC(=O)c1ccc(N)c(C=N)c1)C(=O)O. The molecule has 1 rings (SSSR count). The fraction of sp³-hybridized carbons (Fsp3) is 0.250. The van der Waals surface area contributed by atoms with Crippen LogP contribution in [0.4, 0.5) is 5.69 Å². The third-order valence-electron chi connectivity index (χ3n) is 2.52. The number of nitrogens with one attached hydrogen (secondary N) is 2. The number of anilines is 1. The normalized spacial score (nSPS) is 11.6. The Morgan fingerprint density at radius 2 is 2.22 bits per heavy atom. The second kappa shape index (κ2) is 5.81. The van der Waals surface area contributed by atoms with Crippen LogP contribution < -0.4 is 11.1 Å². The van der Waals surface area contributed by atoms with Crippen molar-refractivity contribution in [3.8, 4) is 0 Å². The molecule has 6 heteroatoms. The standard InChI is InChI=1S/C12H15N3O3/c1-2-10(12(17)18)15-11(16)7-3-4-9(14)8(5-7)6-13/h3-6,10,13H,2,14H2,1H3,(H,15,16)(H,17,18)/t10-/m1/s1. The lowest BCUT2D eigenvalue weighted by atomic mass is 10.1. The average molecular weight is 249 g/mol. The van der Waals surface area contributed by atoms with Crippen molar-refractivity contribution in [1.82, 2.24) is 5.32 Å². The van der Waals surface area contributed by atoms with Crippen molar-refractivity contribution in [2.24, 2.45) is 0 Å².